The van der Waals surface area contributed by atoms with E-state index in [4.69, 9.17) is 15.6 Å². The molecule has 1 heterocycles. The molecule has 0 fully saturated rings. The molecule has 9 heteroatoms. The average molecular weight is 413 g/mol. The van der Waals surface area contributed by atoms with E-state index in [1.54, 1.807) is 48.0 Å². The number of nitrogens with two attached hydrogens (primary N) is 1. The van der Waals surface area contributed by atoms with E-state index in [1.165, 1.54) is 12.1 Å². The van der Waals surface area contributed by atoms with E-state index >= 15 is 0 Å². The molecule has 0 bridgehead atoms. The summed E-state index contributed by atoms with van der Waals surface area (Å²) >= 11 is 0. The lowest BCUT2D eigenvalue weighted by molar-refractivity contribution is 0.0942. The number of hydrogen-bond acceptors (Lipinski definition) is 6. The van der Waals surface area contributed by atoms with Crippen LogP contribution in [0, 0.1) is 5.82 Å². The molecule has 3 rings (SSSR count). The number of aliphatic hydroxyl groups is 1. The van der Waals surface area contributed by atoms with Crippen LogP contribution in [0.25, 0.3) is 0 Å². The first-order valence-electron chi connectivity index (χ1n) is 9.47. The molecule has 5 N–H and O–H groups in total. The Balaban J connectivity index is 1.99. The molecular formula is C21H24FN5O3. The number of carbonyl (C=O) groups excluding carboxylic acids is 1. The lowest BCUT2D eigenvalue weighted by Crippen LogP contribution is -2.28. The highest BCUT2D eigenvalue weighted by Gasteiger charge is 2.24. The van der Waals surface area contributed by atoms with Crippen LogP contribution in [0.2, 0.25) is 0 Å². The van der Waals surface area contributed by atoms with Crippen molar-refractivity contribution in [2.45, 2.75) is 13.0 Å². The molecule has 1 aromatic heterocycles. The summed E-state index contributed by atoms with van der Waals surface area (Å²) < 4.78 is 20.9. The number of aliphatic hydroxyl groups excluding tert-OH is 1. The van der Waals surface area contributed by atoms with Gasteiger partial charge in [0.2, 0.25) is 0 Å². The third kappa shape index (κ3) is 5.06. The minimum absolute atomic E-state index is 0.0283. The second-order valence-corrected chi connectivity index (χ2v) is 6.56. The Bertz CT molecular complexity index is 987. The number of anilines is 2. The van der Waals surface area contributed by atoms with Gasteiger partial charge in [-0.25, -0.2) is 4.39 Å². The molecule has 0 saturated carbocycles. The molecule has 0 radical (unpaired) electrons. The highest BCUT2D eigenvalue weighted by molar-refractivity contribution is 5.97. The number of nitrogens with zero attached hydrogens (tertiary/aromatic N) is 2. The summed E-state index contributed by atoms with van der Waals surface area (Å²) in [5.74, 6) is 0.128. The zero-order valence-electron chi connectivity index (χ0n) is 16.6. The Morgan fingerprint density at radius 1 is 1.20 bits per heavy atom. The van der Waals surface area contributed by atoms with E-state index in [-0.39, 0.29) is 36.6 Å². The van der Waals surface area contributed by atoms with Gasteiger partial charge in [-0.05, 0) is 48.4 Å². The maximum atomic E-state index is 13.3. The van der Waals surface area contributed by atoms with Crippen LogP contribution in [0.1, 0.15) is 22.5 Å². The molecule has 158 valence electrons. The summed E-state index contributed by atoms with van der Waals surface area (Å²) in [5.41, 5.74) is 7.35. The predicted octanol–water partition coefficient (Wildman–Crippen LogP) is 2.60. The first-order chi connectivity index (χ1) is 14.5. The molecule has 0 atom stereocenters. The normalized spacial score (nSPS) is 10.6. The molecular weight excluding hydrogens is 389 g/mol. The van der Waals surface area contributed by atoms with Gasteiger partial charge in [0.15, 0.2) is 11.5 Å². The maximum absolute atomic E-state index is 13.3. The maximum Gasteiger partial charge on any atom is 0.304 e. The number of nitrogens with one attached hydrogen (secondary N) is 2. The fraction of sp³-hybridized carbons (Fsp3) is 0.238. The third-order valence-electron chi connectivity index (χ3n) is 4.35. The number of ether oxygens (including phenoxy) is 1. The molecule has 0 spiro atoms. The second kappa shape index (κ2) is 9.75. The molecule has 0 aliphatic carbocycles. The molecule has 0 unspecified atom stereocenters. The van der Waals surface area contributed by atoms with Gasteiger partial charge in [-0.2, -0.15) is 4.98 Å². The van der Waals surface area contributed by atoms with E-state index < -0.39 is 0 Å². The van der Waals surface area contributed by atoms with Crippen molar-refractivity contribution >= 4 is 17.4 Å². The smallest absolute Gasteiger partial charge is 0.304 e. The second-order valence-electron chi connectivity index (χ2n) is 6.56. The number of carbonyl (C=O) groups is 1. The van der Waals surface area contributed by atoms with Crippen molar-refractivity contribution in [3.63, 3.8) is 0 Å². The summed E-state index contributed by atoms with van der Waals surface area (Å²) in [6.45, 7) is 0.524. The fourth-order valence-electron chi connectivity index (χ4n) is 2.84. The summed E-state index contributed by atoms with van der Waals surface area (Å²) in [6, 6.07) is 13.0. The van der Waals surface area contributed by atoms with Crippen LogP contribution in [0.5, 0.6) is 11.8 Å². The molecule has 2 aromatic carbocycles. The first-order valence-corrected chi connectivity index (χ1v) is 9.47. The Labute approximate surface area is 173 Å². The SMILES string of the molecule is CNc1nc(Oc2ccc(N)cc2)n(Cc2ccc(F)cc2)c1C(=O)NCCCO. The molecule has 30 heavy (non-hydrogen) atoms. The van der Waals surface area contributed by atoms with Crippen LogP contribution < -0.4 is 21.1 Å². The van der Waals surface area contributed by atoms with Gasteiger partial charge in [-0.15, -0.1) is 0 Å². The number of hydrogen-bond donors (Lipinski definition) is 4. The Hall–Kier alpha value is -3.59. The van der Waals surface area contributed by atoms with Crippen LogP contribution in [0.15, 0.2) is 48.5 Å². The van der Waals surface area contributed by atoms with Crippen molar-refractivity contribution < 1.29 is 19.0 Å². The Morgan fingerprint density at radius 2 is 1.90 bits per heavy atom. The number of imidazole rings is 1. The molecule has 1 amide bonds. The minimum atomic E-state index is -0.366. The summed E-state index contributed by atoms with van der Waals surface area (Å²) in [4.78, 5) is 17.3. The Kier molecular flexibility index (Phi) is 6.87. The lowest BCUT2D eigenvalue weighted by atomic mass is 10.2. The summed E-state index contributed by atoms with van der Waals surface area (Å²) in [7, 11) is 1.65. The van der Waals surface area contributed by atoms with E-state index in [0.29, 0.717) is 30.2 Å². The van der Waals surface area contributed by atoms with Gasteiger partial charge in [0.25, 0.3) is 5.91 Å². The van der Waals surface area contributed by atoms with Crippen LogP contribution >= 0.6 is 0 Å². The number of halogens is 1. The Morgan fingerprint density at radius 3 is 2.53 bits per heavy atom. The van der Waals surface area contributed by atoms with Crippen LogP contribution in [0.4, 0.5) is 15.9 Å². The van der Waals surface area contributed by atoms with Crippen LogP contribution in [0.3, 0.4) is 0 Å². The van der Waals surface area contributed by atoms with E-state index in [0.717, 1.165) is 5.56 Å². The first kappa shape index (κ1) is 21.1. The van der Waals surface area contributed by atoms with Crippen molar-refractivity contribution in [3.8, 4) is 11.8 Å². The molecule has 0 aliphatic heterocycles. The van der Waals surface area contributed by atoms with Gasteiger partial charge >= 0.3 is 6.01 Å². The highest BCUT2D eigenvalue weighted by atomic mass is 19.1. The predicted molar refractivity (Wildman–Crippen MR) is 112 cm³/mol. The largest absolute Gasteiger partial charge is 0.425 e. The van der Waals surface area contributed by atoms with Gasteiger partial charge in [-0.3, -0.25) is 9.36 Å². The monoisotopic (exact) mass is 413 g/mol. The minimum Gasteiger partial charge on any atom is -0.425 e. The topological polar surface area (TPSA) is 114 Å². The standard InChI is InChI=1S/C21H24FN5O3/c1-24-19-18(20(29)25-11-2-12-28)27(13-14-3-5-15(22)6-4-14)21(26-19)30-17-9-7-16(23)8-10-17/h3-10,24,28H,2,11-13,23H2,1H3,(H,25,29). The number of rotatable bonds is 9. The summed E-state index contributed by atoms with van der Waals surface area (Å²) in [5, 5.41) is 14.6. The fourth-order valence-corrected chi connectivity index (χ4v) is 2.84. The van der Waals surface area contributed by atoms with Crippen molar-refractivity contribution in [2.24, 2.45) is 0 Å². The molecule has 3 aromatic rings. The number of nitrogen functional groups attached to an aromatic ring is 1. The zero-order valence-corrected chi connectivity index (χ0v) is 16.6. The summed E-state index contributed by atoms with van der Waals surface area (Å²) in [6.07, 6.45) is 0.432. The third-order valence-corrected chi connectivity index (χ3v) is 4.35. The molecule has 0 aliphatic rings. The van der Waals surface area contributed by atoms with Gasteiger partial charge in [0.1, 0.15) is 11.6 Å². The van der Waals surface area contributed by atoms with Crippen molar-refractivity contribution in [1.29, 1.82) is 0 Å². The van der Waals surface area contributed by atoms with Gasteiger partial charge in [0, 0.05) is 25.9 Å². The highest BCUT2D eigenvalue weighted by Crippen LogP contribution is 2.28. The number of aromatic nitrogens is 2. The van der Waals surface area contributed by atoms with Crippen molar-refractivity contribution in [2.75, 3.05) is 31.2 Å². The molecule has 8 nitrogen and oxygen atoms in total. The van der Waals surface area contributed by atoms with Crippen LogP contribution in [-0.2, 0) is 6.54 Å². The number of amides is 1. The van der Waals surface area contributed by atoms with E-state index in [2.05, 4.69) is 15.6 Å². The van der Waals surface area contributed by atoms with Crippen LogP contribution in [-0.4, -0.2) is 40.8 Å². The van der Waals surface area contributed by atoms with Crippen molar-refractivity contribution in [3.05, 3.63) is 65.6 Å². The lowest BCUT2D eigenvalue weighted by Gasteiger charge is -2.13. The van der Waals surface area contributed by atoms with Gasteiger partial charge < -0.3 is 26.2 Å². The average Bonchev–Trinajstić information content (AvgIpc) is 3.08. The quantitative estimate of drug-likeness (QED) is 0.317. The van der Waals surface area contributed by atoms with Crippen molar-refractivity contribution in [1.82, 2.24) is 14.9 Å². The van der Waals surface area contributed by atoms with Gasteiger partial charge in [0.05, 0.1) is 6.54 Å². The van der Waals surface area contributed by atoms with Gasteiger partial charge in [-0.1, -0.05) is 12.1 Å². The number of benzene rings is 2. The van der Waals surface area contributed by atoms with E-state index in [9.17, 15) is 9.18 Å². The van der Waals surface area contributed by atoms with E-state index in [1.807, 2.05) is 0 Å². The molecule has 0 saturated heterocycles. The zero-order chi connectivity index (χ0) is 21.5.